The van der Waals surface area contributed by atoms with Crippen molar-refractivity contribution in [2.45, 2.75) is 19.0 Å². The standard InChI is InChI=1S/C12H11F3N2O2/c13-12(14,15)4-1-5-19-10-2-3-11-9(8-18)6-16-17(11)7-10/h2-3,6-8H,1,4-5H2. The van der Waals surface area contributed by atoms with Crippen LogP contribution in [0.1, 0.15) is 23.2 Å². The van der Waals surface area contributed by atoms with Crippen LogP contribution >= 0.6 is 0 Å². The first-order valence-electron chi connectivity index (χ1n) is 5.62. The molecule has 4 nitrogen and oxygen atoms in total. The monoisotopic (exact) mass is 272 g/mol. The van der Waals surface area contributed by atoms with Crippen molar-refractivity contribution in [3.63, 3.8) is 0 Å². The molecule has 0 atom stereocenters. The molecule has 0 unspecified atom stereocenters. The molecule has 0 saturated heterocycles. The second-order valence-corrected chi connectivity index (χ2v) is 3.98. The molecule has 0 aliphatic rings. The number of halogens is 3. The van der Waals surface area contributed by atoms with Crippen molar-refractivity contribution < 1.29 is 22.7 Å². The molecule has 2 aromatic rings. The molecule has 102 valence electrons. The Morgan fingerprint density at radius 1 is 1.37 bits per heavy atom. The Labute approximate surface area is 106 Å². The van der Waals surface area contributed by atoms with E-state index in [9.17, 15) is 18.0 Å². The predicted molar refractivity (Wildman–Crippen MR) is 61.4 cm³/mol. The topological polar surface area (TPSA) is 43.6 Å². The molecule has 0 fully saturated rings. The molecule has 7 heteroatoms. The molecule has 2 heterocycles. The SMILES string of the molecule is O=Cc1cnn2cc(OCCCC(F)(F)F)ccc12. The highest BCUT2D eigenvalue weighted by molar-refractivity contribution is 5.85. The molecule has 2 aromatic heterocycles. The van der Waals surface area contributed by atoms with Gasteiger partial charge in [-0.15, -0.1) is 0 Å². The molecule has 0 aliphatic carbocycles. The Hall–Kier alpha value is -2.05. The Morgan fingerprint density at radius 3 is 2.84 bits per heavy atom. The Kier molecular flexibility index (Phi) is 3.73. The van der Waals surface area contributed by atoms with E-state index in [0.29, 0.717) is 23.1 Å². The van der Waals surface area contributed by atoms with Gasteiger partial charge in [0.25, 0.3) is 0 Å². The van der Waals surface area contributed by atoms with Crippen LogP contribution in [0.4, 0.5) is 13.2 Å². The van der Waals surface area contributed by atoms with Gasteiger partial charge in [-0.3, -0.25) is 4.79 Å². The van der Waals surface area contributed by atoms with E-state index in [0.717, 1.165) is 0 Å². The molecule has 19 heavy (non-hydrogen) atoms. The number of carbonyl (C=O) groups excluding carboxylic acids is 1. The smallest absolute Gasteiger partial charge is 0.389 e. The van der Waals surface area contributed by atoms with E-state index in [2.05, 4.69) is 5.10 Å². The van der Waals surface area contributed by atoms with Gasteiger partial charge in [-0.1, -0.05) is 0 Å². The van der Waals surface area contributed by atoms with Crippen LogP contribution < -0.4 is 4.74 Å². The van der Waals surface area contributed by atoms with Crippen LogP contribution in [0.3, 0.4) is 0 Å². The molecule has 0 radical (unpaired) electrons. The van der Waals surface area contributed by atoms with E-state index >= 15 is 0 Å². The molecule has 0 bridgehead atoms. The highest BCUT2D eigenvalue weighted by Crippen LogP contribution is 2.22. The summed E-state index contributed by atoms with van der Waals surface area (Å²) in [5.74, 6) is 0.412. The third-order valence-electron chi connectivity index (χ3n) is 2.52. The maximum Gasteiger partial charge on any atom is 0.389 e. The Morgan fingerprint density at radius 2 is 2.16 bits per heavy atom. The van der Waals surface area contributed by atoms with Crippen molar-refractivity contribution in [1.82, 2.24) is 9.61 Å². The van der Waals surface area contributed by atoms with Crippen molar-refractivity contribution >= 4 is 11.8 Å². The van der Waals surface area contributed by atoms with E-state index in [1.807, 2.05) is 0 Å². The summed E-state index contributed by atoms with van der Waals surface area (Å²) in [4.78, 5) is 10.7. The maximum atomic E-state index is 11.9. The summed E-state index contributed by atoms with van der Waals surface area (Å²) in [6.45, 7) is -0.0210. The molecular formula is C12H11F3N2O2. The summed E-state index contributed by atoms with van der Waals surface area (Å²) in [6.07, 6.45) is -1.50. The summed E-state index contributed by atoms with van der Waals surface area (Å²) < 4.78 is 42.4. The van der Waals surface area contributed by atoms with Gasteiger partial charge in [-0.25, -0.2) is 4.52 Å². The number of carbonyl (C=O) groups is 1. The van der Waals surface area contributed by atoms with E-state index < -0.39 is 12.6 Å². The summed E-state index contributed by atoms with van der Waals surface area (Å²) in [6, 6.07) is 3.23. The Bertz CT molecular complexity index is 578. The molecule has 2 rings (SSSR count). The summed E-state index contributed by atoms with van der Waals surface area (Å²) >= 11 is 0. The van der Waals surface area contributed by atoms with Gasteiger partial charge in [0, 0.05) is 6.42 Å². The lowest BCUT2D eigenvalue weighted by Gasteiger charge is -2.08. The van der Waals surface area contributed by atoms with Crippen molar-refractivity contribution in [3.05, 3.63) is 30.1 Å². The molecule has 0 saturated carbocycles. The van der Waals surface area contributed by atoms with Crippen LogP contribution in [0.25, 0.3) is 5.52 Å². The number of aldehydes is 1. The highest BCUT2D eigenvalue weighted by atomic mass is 19.4. The first-order valence-corrected chi connectivity index (χ1v) is 5.62. The zero-order valence-electron chi connectivity index (χ0n) is 9.85. The maximum absolute atomic E-state index is 11.9. The quantitative estimate of drug-likeness (QED) is 0.621. The lowest BCUT2D eigenvalue weighted by Crippen LogP contribution is -2.09. The molecule has 0 N–H and O–H groups in total. The zero-order chi connectivity index (χ0) is 13.9. The summed E-state index contributed by atoms with van der Waals surface area (Å²) in [7, 11) is 0. The summed E-state index contributed by atoms with van der Waals surface area (Å²) in [5.41, 5.74) is 1.07. The fourth-order valence-electron chi connectivity index (χ4n) is 1.62. The molecule has 0 aliphatic heterocycles. The zero-order valence-corrected chi connectivity index (χ0v) is 9.85. The first kappa shape index (κ1) is 13.4. The third kappa shape index (κ3) is 3.46. The van der Waals surface area contributed by atoms with Gasteiger partial charge in [-0.05, 0) is 18.6 Å². The molecule has 0 aromatic carbocycles. The number of rotatable bonds is 5. The van der Waals surface area contributed by atoms with Gasteiger partial charge in [0.2, 0.25) is 0 Å². The van der Waals surface area contributed by atoms with E-state index in [-0.39, 0.29) is 13.0 Å². The number of aromatic nitrogens is 2. The highest BCUT2D eigenvalue weighted by Gasteiger charge is 2.26. The lowest BCUT2D eigenvalue weighted by molar-refractivity contribution is -0.136. The van der Waals surface area contributed by atoms with Crippen LogP contribution in [0.5, 0.6) is 5.75 Å². The number of ether oxygens (including phenoxy) is 1. The van der Waals surface area contributed by atoms with Gasteiger partial charge < -0.3 is 4.74 Å². The number of alkyl halides is 3. The molecule has 0 amide bonds. The lowest BCUT2D eigenvalue weighted by atomic mass is 10.3. The minimum atomic E-state index is -4.16. The molecule has 0 spiro atoms. The van der Waals surface area contributed by atoms with Gasteiger partial charge in [0.05, 0.1) is 30.1 Å². The van der Waals surface area contributed by atoms with E-state index in [1.165, 1.54) is 16.9 Å². The van der Waals surface area contributed by atoms with Gasteiger partial charge in [0.1, 0.15) is 5.75 Å². The number of pyridine rings is 1. The number of fused-ring (bicyclic) bond motifs is 1. The minimum absolute atomic E-state index is 0.0210. The van der Waals surface area contributed by atoms with Gasteiger partial charge in [0.15, 0.2) is 6.29 Å². The minimum Gasteiger partial charge on any atom is -0.492 e. The Balaban J connectivity index is 1.96. The summed E-state index contributed by atoms with van der Waals surface area (Å²) in [5, 5.41) is 3.94. The predicted octanol–water partition coefficient (Wildman–Crippen LogP) is 2.87. The number of hydrogen-bond donors (Lipinski definition) is 0. The van der Waals surface area contributed by atoms with Crippen molar-refractivity contribution in [2.24, 2.45) is 0 Å². The van der Waals surface area contributed by atoms with Crippen LogP contribution in [-0.2, 0) is 0 Å². The number of nitrogens with zero attached hydrogens (tertiary/aromatic N) is 2. The second kappa shape index (κ2) is 5.29. The first-order chi connectivity index (χ1) is 8.99. The van der Waals surface area contributed by atoms with Gasteiger partial charge in [-0.2, -0.15) is 18.3 Å². The normalized spacial score (nSPS) is 11.7. The van der Waals surface area contributed by atoms with Crippen LogP contribution in [0.2, 0.25) is 0 Å². The average Bonchev–Trinajstić information content (AvgIpc) is 2.75. The van der Waals surface area contributed by atoms with Crippen molar-refractivity contribution in [2.75, 3.05) is 6.61 Å². The van der Waals surface area contributed by atoms with Crippen LogP contribution in [0, 0.1) is 0 Å². The van der Waals surface area contributed by atoms with E-state index in [1.54, 1.807) is 12.1 Å². The number of hydrogen-bond acceptors (Lipinski definition) is 3. The second-order valence-electron chi connectivity index (χ2n) is 3.98. The third-order valence-corrected chi connectivity index (χ3v) is 2.52. The molecular weight excluding hydrogens is 261 g/mol. The fraction of sp³-hybridized carbons (Fsp3) is 0.333. The van der Waals surface area contributed by atoms with Gasteiger partial charge >= 0.3 is 6.18 Å². The average molecular weight is 272 g/mol. The van der Waals surface area contributed by atoms with Crippen LogP contribution in [-0.4, -0.2) is 28.7 Å². The van der Waals surface area contributed by atoms with Crippen LogP contribution in [0.15, 0.2) is 24.5 Å². The van der Waals surface area contributed by atoms with Crippen molar-refractivity contribution in [3.8, 4) is 5.75 Å². The van der Waals surface area contributed by atoms with E-state index in [4.69, 9.17) is 4.74 Å². The fourth-order valence-corrected chi connectivity index (χ4v) is 1.62. The van der Waals surface area contributed by atoms with Crippen molar-refractivity contribution in [1.29, 1.82) is 0 Å². The largest absolute Gasteiger partial charge is 0.492 e.